The molecule has 1 aliphatic heterocycles. The fraction of sp³-hybridized carbons (Fsp3) is 0.318. The van der Waals surface area contributed by atoms with E-state index in [9.17, 15) is 9.59 Å². The van der Waals surface area contributed by atoms with Gasteiger partial charge in [-0.25, -0.2) is 4.98 Å². The molecule has 0 bridgehead atoms. The predicted molar refractivity (Wildman–Crippen MR) is 113 cm³/mol. The van der Waals surface area contributed by atoms with Crippen LogP contribution in [-0.4, -0.2) is 39.2 Å². The van der Waals surface area contributed by atoms with Gasteiger partial charge in [-0.3, -0.25) is 14.2 Å². The summed E-state index contributed by atoms with van der Waals surface area (Å²) in [6.07, 6.45) is 2.14. The van der Waals surface area contributed by atoms with Gasteiger partial charge < -0.3 is 4.90 Å². The zero-order chi connectivity index (χ0) is 19.5. The van der Waals surface area contributed by atoms with Gasteiger partial charge in [0.1, 0.15) is 0 Å². The van der Waals surface area contributed by atoms with E-state index in [1.54, 1.807) is 10.6 Å². The van der Waals surface area contributed by atoms with Gasteiger partial charge >= 0.3 is 0 Å². The van der Waals surface area contributed by atoms with E-state index in [1.165, 1.54) is 17.3 Å². The van der Waals surface area contributed by atoms with Crippen LogP contribution in [0.4, 0.5) is 0 Å². The van der Waals surface area contributed by atoms with Crippen LogP contribution in [0.1, 0.15) is 24.0 Å². The lowest BCUT2D eigenvalue weighted by molar-refractivity contribution is -0.127. The molecule has 6 heteroatoms. The van der Waals surface area contributed by atoms with Crippen molar-refractivity contribution in [2.24, 2.45) is 0 Å². The quantitative estimate of drug-likeness (QED) is 0.492. The van der Waals surface area contributed by atoms with E-state index in [0.29, 0.717) is 28.4 Å². The van der Waals surface area contributed by atoms with Crippen molar-refractivity contribution in [2.45, 2.75) is 31.5 Å². The highest BCUT2D eigenvalue weighted by Crippen LogP contribution is 2.20. The molecule has 0 radical (unpaired) electrons. The lowest BCUT2D eigenvalue weighted by Crippen LogP contribution is -2.30. The van der Waals surface area contributed by atoms with E-state index >= 15 is 0 Å². The second-order valence-corrected chi connectivity index (χ2v) is 8.11. The van der Waals surface area contributed by atoms with Crippen molar-refractivity contribution < 1.29 is 4.79 Å². The monoisotopic (exact) mass is 393 g/mol. The molecule has 0 spiro atoms. The Balaban J connectivity index is 1.67. The van der Waals surface area contributed by atoms with Gasteiger partial charge in [-0.1, -0.05) is 53.7 Å². The molecule has 0 N–H and O–H groups in total. The fourth-order valence-corrected chi connectivity index (χ4v) is 4.36. The average Bonchev–Trinajstić information content (AvgIpc) is 3.25. The average molecular weight is 394 g/mol. The van der Waals surface area contributed by atoms with Crippen molar-refractivity contribution in [1.82, 2.24) is 14.5 Å². The van der Waals surface area contributed by atoms with Crippen LogP contribution in [0.2, 0.25) is 0 Å². The molecule has 28 heavy (non-hydrogen) atoms. The Morgan fingerprint density at radius 1 is 1.07 bits per heavy atom. The second kappa shape index (κ2) is 8.19. The summed E-state index contributed by atoms with van der Waals surface area (Å²) in [5.74, 6) is 0.422. The lowest BCUT2D eigenvalue weighted by Gasteiger charge is -2.16. The number of aryl methyl sites for hydroxylation is 1. The van der Waals surface area contributed by atoms with Crippen LogP contribution in [0.25, 0.3) is 10.9 Å². The topological polar surface area (TPSA) is 55.2 Å². The van der Waals surface area contributed by atoms with Crippen LogP contribution in [0.3, 0.4) is 0 Å². The van der Waals surface area contributed by atoms with Crippen LogP contribution in [0.5, 0.6) is 0 Å². The Kier molecular flexibility index (Phi) is 5.48. The number of hydrogen-bond donors (Lipinski definition) is 0. The molecule has 0 saturated carbocycles. The van der Waals surface area contributed by atoms with Crippen LogP contribution < -0.4 is 5.56 Å². The SMILES string of the molecule is Cc1ccc(Cn2c(SCC(=O)N3CCCC3)nc3ccccc3c2=O)cc1. The highest BCUT2D eigenvalue weighted by Gasteiger charge is 2.19. The number of nitrogens with zero attached hydrogens (tertiary/aromatic N) is 3. The molecular weight excluding hydrogens is 370 g/mol. The van der Waals surface area contributed by atoms with Crippen molar-refractivity contribution in [3.05, 3.63) is 70.0 Å². The third kappa shape index (κ3) is 3.97. The second-order valence-electron chi connectivity index (χ2n) is 7.16. The molecule has 4 rings (SSSR count). The summed E-state index contributed by atoms with van der Waals surface area (Å²) in [6.45, 7) is 4.15. The zero-order valence-corrected chi connectivity index (χ0v) is 16.7. The van der Waals surface area contributed by atoms with Crippen molar-refractivity contribution in [3.8, 4) is 0 Å². The summed E-state index contributed by atoms with van der Waals surface area (Å²) >= 11 is 1.35. The van der Waals surface area contributed by atoms with Gasteiger partial charge in [-0.05, 0) is 37.5 Å². The smallest absolute Gasteiger partial charge is 0.262 e. The zero-order valence-electron chi connectivity index (χ0n) is 15.9. The number of likely N-dealkylation sites (tertiary alicyclic amines) is 1. The summed E-state index contributed by atoms with van der Waals surface area (Å²) in [5, 5.41) is 1.20. The number of para-hydroxylation sites is 1. The highest BCUT2D eigenvalue weighted by molar-refractivity contribution is 7.99. The first kappa shape index (κ1) is 18.7. The molecule has 1 amide bonds. The number of carbonyl (C=O) groups excluding carboxylic acids is 1. The minimum absolute atomic E-state index is 0.0673. The first-order chi connectivity index (χ1) is 13.6. The molecule has 0 unspecified atom stereocenters. The molecule has 5 nitrogen and oxygen atoms in total. The van der Waals surface area contributed by atoms with Crippen LogP contribution in [-0.2, 0) is 11.3 Å². The van der Waals surface area contributed by atoms with Gasteiger partial charge in [0.15, 0.2) is 5.16 Å². The summed E-state index contributed by atoms with van der Waals surface area (Å²) in [6, 6.07) is 15.5. The first-order valence-corrected chi connectivity index (χ1v) is 10.6. The predicted octanol–water partition coefficient (Wildman–Crippen LogP) is 3.47. The molecule has 144 valence electrons. The molecule has 1 aliphatic rings. The van der Waals surface area contributed by atoms with Gasteiger partial charge in [0.05, 0.1) is 23.2 Å². The largest absolute Gasteiger partial charge is 0.342 e. The number of benzene rings is 2. The van der Waals surface area contributed by atoms with Crippen LogP contribution in [0.15, 0.2) is 58.5 Å². The standard InChI is InChI=1S/C22H23N3O2S/c1-16-8-10-17(11-9-16)14-25-21(27)18-6-2-3-7-19(18)23-22(25)28-15-20(26)24-12-4-5-13-24/h2-3,6-11H,4-5,12-15H2,1H3. The van der Waals surface area contributed by atoms with E-state index < -0.39 is 0 Å². The maximum absolute atomic E-state index is 13.1. The van der Waals surface area contributed by atoms with Gasteiger partial charge in [0.2, 0.25) is 5.91 Å². The Morgan fingerprint density at radius 2 is 1.79 bits per heavy atom. The number of rotatable bonds is 5. The molecule has 3 aromatic rings. The normalized spacial score (nSPS) is 14.0. The maximum Gasteiger partial charge on any atom is 0.262 e. The number of thioether (sulfide) groups is 1. The fourth-order valence-electron chi connectivity index (χ4n) is 3.46. The van der Waals surface area contributed by atoms with E-state index in [1.807, 2.05) is 54.3 Å². The minimum atomic E-state index is -0.0673. The van der Waals surface area contributed by atoms with Crippen molar-refractivity contribution in [3.63, 3.8) is 0 Å². The number of hydrogen-bond acceptors (Lipinski definition) is 4. The third-order valence-electron chi connectivity index (χ3n) is 5.07. The van der Waals surface area contributed by atoms with Crippen molar-refractivity contribution in [2.75, 3.05) is 18.8 Å². The van der Waals surface area contributed by atoms with E-state index in [2.05, 4.69) is 0 Å². The molecule has 1 saturated heterocycles. The highest BCUT2D eigenvalue weighted by atomic mass is 32.2. The van der Waals surface area contributed by atoms with Crippen LogP contribution >= 0.6 is 11.8 Å². The number of carbonyl (C=O) groups is 1. The van der Waals surface area contributed by atoms with Crippen LogP contribution in [0, 0.1) is 6.92 Å². The minimum Gasteiger partial charge on any atom is -0.342 e. The van der Waals surface area contributed by atoms with E-state index in [0.717, 1.165) is 31.5 Å². The summed E-state index contributed by atoms with van der Waals surface area (Å²) in [5.41, 5.74) is 2.82. The first-order valence-electron chi connectivity index (χ1n) is 9.57. The Hall–Kier alpha value is -2.60. The molecule has 2 aromatic carbocycles. The maximum atomic E-state index is 13.1. The Labute approximate surface area is 168 Å². The molecule has 1 aromatic heterocycles. The van der Waals surface area contributed by atoms with E-state index in [-0.39, 0.29) is 11.5 Å². The van der Waals surface area contributed by atoms with E-state index in [4.69, 9.17) is 4.98 Å². The number of fused-ring (bicyclic) bond motifs is 1. The van der Waals surface area contributed by atoms with Gasteiger partial charge in [0.25, 0.3) is 5.56 Å². The van der Waals surface area contributed by atoms with Crippen molar-refractivity contribution >= 4 is 28.6 Å². The summed E-state index contributed by atoms with van der Waals surface area (Å²) in [4.78, 5) is 32.2. The molecular formula is C22H23N3O2S. The van der Waals surface area contributed by atoms with Gasteiger partial charge in [0, 0.05) is 13.1 Å². The third-order valence-corrected chi connectivity index (χ3v) is 6.03. The molecule has 0 atom stereocenters. The Morgan fingerprint density at radius 3 is 2.54 bits per heavy atom. The number of amides is 1. The lowest BCUT2D eigenvalue weighted by atomic mass is 10.1. The Bertz CT molecular complexity index is 1050. The summed E-state index contributed by atoms with van der Waals surface area (Å²) < 4.78 is 1.69. The molecule has 0 aliphatic carbocycles. The molecule has 1 fully saturated rings. The van der Waals surface area contributed by atoms with Gasteiger partial charge in [-0.2, -0.15) is 0 Å². The molecule has 2 heterocycles. The summed E-state index contributed by atoms with van der Waals surface area (Å²) in [7, 11) is 0. The van der Waals surface area contributed by atoms with Crippen molar-refractivity contribution in [1.29, 1.82) is 0 Å². The number of aromatic nitrogens is 2. The van der Waals surface area contributed by atoms with Gasteiger partial charge in [-0.15, -0.1) is 0 Å².